The van der Waals surface area contributed by atoms with E-state index >= 15 is 0 Å². The molecule has 454 valence electrons. The summed E-state index contributed by atoms with van der Waals surface area (Å²) in [6.07, 6.45) is 9.84. The van der Waals surface area contributed by atoms with Crippen LogP contribution < -0.4 is 19.3 Å². The van der Waals surface area contributed by atoms with Crippen LogP contribution >= 0.6 is 69.1 Å². The number of methoxy groups -OCH3 is 1. The molecule has 4 aromatic heterocycles. The Hall–Kier alpha value is -5.78. The van der Waals surface area contributed by atoms with Crippen molar-refractivity contribution in [1.29, 1.82) is 0 Å². The quantitative estimate of drug-likeness (QED) is 0.0794. The number of carboxylic acid groups (broad SMARTS) is 1. The summed E-state index contributed by atoms with van der Waals surface area (Å²) >= 11 is 29.3. The lowest BCUT2D eigenvalue weighted by atomic mass is 10.0. The molecule has 1 N–H and O–H groups in total. The molecule has 4 saturated heterocycles. The van der Waals surface area contributed by atoms with E-state index in [9.17, 15) is 14.7 Å². The van der Waals surface area contributed by atoms with Gasteiger partial charge in [0, 0.05) is 83.9 Å². The minimum atomic E-state index is -0.984. The number of aromatic carboxylic acids is 1. The number of ether oxygens (including phenoxy) is 7. The van der Waals surface area contributed by atoms with E-state index in [4.69, 9.17) is 98.6 Å². The summed E-state index contributed by atoms with van der Waals surface area (Å²) in [6, 6.07) is 18.4. The molecule has 8 heterocycles. The lowest BCUT2D eigenvalue weighted by Crippen LogP contribution is -2.38. The Morgan fingerprint density at radius 2 is 1.07 bits per heavy atom. The van der Waals surface area contributed by atoms with Crippen LogP contribution in [0.3, 0.4) is 0 Å². The van der Waals surface area contributed by atoms with Crippen molar-refractivity contribution >= 4 is 112 Å². The van der Waals surface area contributed by atoms with Gasteiger partial charge in [0.05, 0.1) is 99.6 Å². The van der Waals surface area contributed by atoms with E-state index in [2.05, 4.69) is 20.1 Å². The zero-order valence-electron chi connectivity index (χ0n) is 47.2. The van der Waals surface area contributed by atoms with Crippen LogP contribution in [0, 0.1) is 11.8 Å². The maximum Gasteiger partial charge on any atom is 0.338 e. The molecule has 16 rings (SSSR count). The Kier molecular flexibility index (Phi) is 15.8. The highest BCUT2D eigenvalue weighted by molar-refractivity contribution is 7.22. The molecule has 87 heavy (non-hydrogen) atoms. The normalized spacial score (nSPS) is 24.7. The molecule has 8 atom stereocenters. The second-order valence-corrected chi connectivity index (χ2v) is 27.5. The first-order chi connectivity index (χ1) is 42.4. The number of thiazole rings is 2. The first-order valence-corrected chi connectivity index (χ1v) is 32.9. The monoisotopic (exact) mass is 1300 g/mol. The molecule has 8 fully saturated rings. The first-order valence-electron chi connectivity index (χ1n) is 29.7. The number of carboxylic acids is 1. The number of benzene rings is 4. The Morgan fingerprint density at radius 1 is 0.621 bits per heavy atom. The van der Waals surface area contributed by atoms with E-state index < -0.39 is 11.9 Å². The fourth-order valence-corrected chi connectivity index (χ4v) is 16.9. The van der Waals surface area contributed by atoms with Crippen molar-refractivity contribution in [3.8, 4) is 34.0 Å². The molecule has 18 nitrogen and oxygen atoms in total. The van der Waals surface area contributed by atoms with Gasteiger partial charge >= 0.3 is 11.9 Å². The summed E-state index contributed by atoms with van der Waals surface area (Å²) in [6.45, 7) is 4.82. The van der Waals surface area contributed by atoms with Gasteiger partial charge in [-0.3, -0.25) is 0 Å². The molecular weight excluding hydrogens is 1240 g/mol. The third-order valence-corrected chi connectivity index (χ3v) is 21.5. The van der Waals surface area contributed by atoms with Crippen LogP contribution in [0.25, 0.3) is 42.9 Å². The van der Waals surface area contributed by atoms with Gasteiger partial charge in [0.1, 0.15) is 57.6 Å². The number of fused-ring (bicyclic) bond motifs is 6. The average molecular weight is 1300 g/mol. The van der Waals surface area contributed by atoms with Gasteiger partial charge in [-0.05, 0) is 99.9 Å². The largest absolute Gasteiger partial charge is 0.486 e. The topological polar surface area (TPSA) is 203 Å². The van der Waals surface area contributed by atoms with Crippen molar-refractivity contribution in [2.75, 3.05) is 56.4 Å². The van der Waals surface area contributed by atoms with Crippen LogP contribution in [-0.4, -0.2) is 120 Å². The summed E-state index contributed by atoms with van der Waals surface area (Å²) < 4.78 is 55.0. The zero-order chi connectivity index (χ0) is 59.2. The lowest BCUT2D eigenvalue weighted by Gasteiger charge is -2.31. The first kappa shape index (κ1) is 57.6. The number of carbonyl (C=O) groups excluding carboxylic acids is 1. The minimum Gasteiger partial charge on any atom is -0.486 e. The number of hydrogen-bond acceptors (Lipinski definition) is 19. The molecule has 0 unspecified atom stereocenters. The average Bonchev–Trinajstić information content (AvgIpc) is 2.85. The minimum absolute atomic E-state index is 0.0581. The summed E-state index contributed by atoms with van der Waals surface area (Å²) in [5.74, 6) is 2.98. The fraction of sp³-hybridized carbons (Fsp3) is 0.460. The van der Waals surface area contributed by atoms with E-state index in [1.807, 2.05) is 42.5 Å². The molecule has 8 aliphatic rings. The van der Waals surface area contributed by atoms with Crippen molar-refractivity contribution in [3.05, 3.63) is 115 Å². The van der Waals surface area contributed by atoms with Gasteiger partial charge in [-0.2, -0.15) is 0 Å². The van der Waals surface area contributed by atoms with E-state index in [1.54, 1.807) is 29.5 Å². The molecule has 0 radical (unpaired) electrons. The maximum atomic E-state index is 12.4. The molecule has 4 aliphatic carbocycles. The molecule has 4 saturated carbocycles. The highest BCUT2D eigenvalue weighted by Crippen LogP contribution is 2.51. The van der Waals surface area contributed by atoms with Crippen LogP contribution in [-0.2, 0) is 36.9 Å². The van der Waals surface area contributed by atoms with Gasteiger partial charge in [-0.25, -0.2) is 19.6 Å². The van der Waals surface area contributed by atoms with Gasteiger partial charge in [0.25, 0.3) is 0 Å². The Labute approximate surface area is 528 Å². The molecule has 4 aromatic carbocycles. The number of hydrogen-bond donors (Lipinski definition) is 1. The van der Waals surface area contributed by atoms with E-state index in [1.165, 1.54) is 18.4 Å². The zero-order valence-corrected chi connectivity index (χ0v) is 51.9. The number of halogens is 4. The van der Waals surface area contributed by atoms with Crippen LogP contribution in [0.15, 0.2) is 69.7 Å². The number of aromatic nitrogens is 4. The summed E-state index contributed by atoms with van der Waals surface area (Å²) in [5, 5.41) is 22.5. The van der Waals surface area contributed by atoms with Gasteiger partial charge in [0.2, 0.25) is 0 Å². The Balaban J connectivity index is 0.000000147. The highest BCUT2D eigenvalue weighted by Gasteiger charge is 2.49. The van der Waals surface area contributed by atoms with Crippen LogP contribution in [0.2, 0.25) is 20.1 Å². The predicted molar refractivity (Wildman–Crippen MR) is 330 cm³/mol. The Bertz CT molecular complexity index is 3910. The van der Waals surface area contributed by atoms with Crippen LogP contribution in [0.1, 0.15) is 119 Å². The van der Waals surface area contributed by atoms with Crippen molar-refractivity contribution in [2.24, 2.45) is 11.8 Å². The second-order valence-electron chi connectivity index (χ2n) is 23.9. The van der Waals surface area contributed by atoms with Crippen molar-refractivity contribution in [3.63, 3.8) is 0 Å². The summed E-state index contributed by atoms with van der Waals surface area (Å²) in [7, 11) is 1.39. The number of piperidine rings is 2. The number of carbonyl (C=O) groups is 2. The summed E-state index contributed by atoms with van der Waals surface area (Å²) in [4.78, 5) is 39.0. The number of rotatable bonds is 18. The number of anilines is 2. The maximum absolute atomic E-state index is 12.4. The predicted octanol–water partition coefficient (Wildman–Crippen LogP) is 14.5. The number of esters is 1. The summed E-state index contributed by atoms with van der Waals surface area (Å²) in [5.41, 5.74) is 6.75. The lowest BCUT2D eigenvalue weighted by molar-refractivity contribution is 0.0122. The van der Waals surface area contributed by atoms with E-state index in [-0.39, 0.29) is 30.0 Å². The molecular formula is C63H60Cl4N6O12S2. The van der Waals surface area contributed by atoms with Crippen LogP contribution in [0.5, 0.6) is 11.5 Å². The fourth-order valence-electron chi connectivity index (χ4n) is 13.5. The third-order valence-electron chi connectivity index (χ3n) is 18.2. The van der Waals surface area contributed by atoms with Crippen LogP contribution in [0.4, 0.5) is 10.3 Å². The van der Waals surface area contributed by atoms with Crippen molar-refractivity contribution in [1.82, 2.24) is 20.3 Å². The van der Waals surface area contributed by atoms with E-state index in [0.29, 0.717) is 141 Å². The molecule has 4 bridgehead atoms. The number of nitrogens with zero attached hydrogens (tertiary/aromatic N) is 6. The van der Waals surface area contributed by atoms with E-state index in [0.717, 1.165) is 125 Å². The molecule has 8 aromatic rings. The Morgan fingerprint density at radius 3 is 1.46 bits per heavy atom. The van der Waals surface area contributed by atoms with Gasteiger partial charge < -0.3 is 57.1 Å². The smallest absolute Gasteiger partial charge is 0.338 e. The molecule has 0 spiro atoms. The van der Waals surface area contributed by atoms with Gasteiger partial charge in [0.15, 0.2) is 10.3 Å². The highest BCUT2D eigenvalue weighted by atomic mass is 35.5. The third kappa shape index (κ3) is 11.3. The molecule has 0 amide bonds. The molecule has 4 aliphatic heterocycles. The van der Waals surface area contributed by atoms with Gasteiger partial charge in [-0.15, -0.1) is 0 Å². The standard InChI is InChI=1S/C32H31Cl2N3O6S.C31H29Cl2N3O6S/c1-39-31(38)17-10-25(42-20-7-8-40-14-20)29-26(11-17)44-32(35-29)37-13-18-9-19(37)12-24(18)41-15-21-28(36-43-30(21)16-5-6-16)27-22(33)3-2-4-23(27)34;32-21-2-1-3-22(33)26(21)27-20(29(42-35-27)15-4-5-15)14-40-23-11-18-8-17(23)12-36(18)31-34-28-24(41-19-6-7-39-13-19)9-16(30(37)38)10-25(28)43-31/h2-4,10-11,16,18-20,24H,5-9,12-15H2,1H3;1-3,9-10,15,17-19,23H,4-8,11-14H2,(H,37,38)/t18-,19-,20+,24+;17-,18-,19+,23+/m00/s1. The van der Waals surface area contributed by atoms with Crippen molar-refractivity contribution < 1.29 is 56.9 Å². The van der Waals surface area contributed by atoms with Crippen molar-refractivity contribution in [2.45, 2.75) is 126 Å². The van der Waals surface area contributed by atoms with Gasteiger partial charge in [-0.1, -0.05) is 91.5 Å². The molecule has 24 heteroatoms. The SMILES string of the molecule is COC(=O)c1cc(O[C@@H]2CCOC2)c2nc(N3C[C@@H]4C[C@H]3C[C@H]4OCc3c(-c4c(Cl)cccc4Cl)noc3C3CC3)sc2c1.O=C(O)c1cc(O[C@@H]2CCOC2)c2nc(N3C[C@@H]4C[C@H]3C[C@H]4OCc3c(-c4c(Cl)cccc4Cl)noc3C3CC3)sc2c1. The second kappa shape index (κ2) is 23.9.